The maximum atomic E-state index is 5.59. The first-order chi connectivity index (χ1) is 9.78. The molecule has 0 spiro atoms. The number of methoxy groups -OCH3 is 1. The van der Waals surface area contributed by atoms with Crippen LogP contribution in [0.2, 0.25) is 0 Å². The molecule has 0 unspecified atom stereocenters. The summed E-state index contributed by atoms with van der Waals surface area (Å²) in [6.07, 6.45) is 3.55. The zero-order valence-electron chi connectivity index (χ0n) is 11.3. The highest BCUT2D eigenvalue weighted by Crippen LogP contribution is 2.17. The molecular weight excluding hydrogens is 320 g/mol. The summed E-state index contributed by atoms with van der Waals surface area (Å²) < 4.78 is 11.5. The molecule has 0 radical (unpaired) electrons. The Hall–Kier alpha value is -1.59. The van der Waals surface area contributed by atoms with Gasteiger partial charge in [0.2, 0.25) is 0 Å². The van der Waals surface area contributed by atoms with Crippen molar-refractivity contribution in [3.63, 3.8) is 0 Å². The molecule has 1 heterocycles. The molecule has 0 amide bonds. The van der Waals surface area contributed by atoms with Crippen molar-refractivity contribution >= 4 is 21.6 Å². The van der Waals surface area contributed by atoms with Gasteiger partial charge < -0.3 is 14.8 Å². The van der Waals surface area contributed by atoms with Crippen LogP contribution < -0.4 is 10.1 Å². The van der Waals surface area contributed by atoms with Crippen molar-refractivity contribution in [3.05, 3.63) is 52.8 Å². The normalized spacial score (nSPS) is 10.3. The van der Waals surface area contributed by atoms with Crippen LogP contribution in [-0.4, -0.2) is 25.3 Å². The lowest BCUT2D eigenvalue weighted by Crippen LogP contribution is -2.05. The molecule has 2 aromatic rings. The summed E-state index contributed by atoms with van der Waals surface area (Å²) in [6, 6.07) is 10.00. The second-order valence-corrected chi connectivity index (χ2v) is 5.15. The molecular formula is C15H17BrN2O2. The molecule has 2 rings (SSSR count). The highest BCUT2D eigenvalue weighted by atomic mass is 79.9. The topological polar surface area (TPSA) is 43.4 Å². The van der Waals surface area contributed by atoms with Crippen LogP contribution in [0.5, 0.6) is 5.75 Å². The van der Waals surface area contributed by atoms with Crippen LogP contribution >= 0.6 is 15.9 Å². The third-order valence-electron chi connectivity index (χ3n) is 2.66. The standard InChI is InChI=1S/C15H17BrN2O2/c1-19-5-6-20-15-4-2-3-12(7-15)9-18-14-8-13(16)10-17-11-14/h2-4,7-8,10-11,18H,5-6,9H2,1H3. The summed E-state index contributed by atoms with van der Waals surface area (Å²) in [5.74, 6) is 0.855. The van der Waals surface area contributed by atoms with Gasteiger partial charge in [-0.05, 0) is 39.7 Å². The Morgan fingerprint density at radius 1 is 1.20 bits per heavy atom. The van der Waals surface area contributed by atoms with E-state index in [0.717, 1.165) is 28.0 Å². The van der Waals surface area contributed by atoms with E-state index in [4.69, 9.17) is 9.47 Å². The van der Waals surface area contributed by atoms with Crippen molar-refractivity contribution in [2.75, 3.05) is 25.6 Å². The Bertz CT molecular complexity index is 549. The van der Waals surface area contributed by atoms with E-state index < -0.39 is 0 Å². The van der Waals surface area contributed by atoms with Gasteiger partial charge in [-0.3, -0.25) is 4.98 Å². The molecule has 0 aliphatic rings. The van der Waals surface area contributed by atoms with Gasteiger partial charge in [0.05, 0.1) is 18.5 Å². The first-order valence-electron chi connectivity index (χ1n) is 6.33. The average molecular weight is 337 g/mol. The molecule has 0 saturated carbocycles. The molecule has 0 aliphatic carbocycles. The van der Waals surface area contributed by atoms with Gasteiger partial charge in [-0.2, -0.15) is 0 Å². The van der Waals surface area contributed by atoms with E-state index in [2.05, 4.69) is 32.3 Å². The monoisotopic (exact) mass is 336 g/mol. The number of benzene rings is 1. The highest BCUT2D eigenvalue weighted by Gasteiger charge is 1.99. The number of hydrogen-bond donors (Lipinski definition) is 1. The first kappa shape index (κ1) is 14.8. The fourth-order valence-corrected chi connectivity index (χ4v) is 2.07. The molecule has 0 bridgehead atoms. The minimum Gasteiger partial charge on any atom is -0.491 e. The lowest BCUT2D eigenvalue weighted by atomic mass is 10.2. The smallest absolute Gasteiger partial charge is 0.119 e. The number of hydrogen-bond acceptors (Lipinski definition) is 4. The highest BCUT2D eigenvalue weighted by molar-refractivity contribution is 9.10. The SMILES string of the molecule is COCCOc1cccc(CNc2cncc(Br)c2)c1. The molecule has 5 heteroatoms. The van der Waals surface area contributed by atoms with Crippen LogP contribution in [0.25, 0.3) is 0 Å². The van der Waals surface area contributed by atoms with Gasteiger partial charge >= 0.3 is 0 Å². The lowest BCUT2D eigenvalue weighted by molar-refractivity contribution is 0.146. The second kappa shape index (κ2) is 7.87. The summed E-state index contributed by atoms with van der Waals surface area (Å²) in [4.78, 5) is 4.12. The third kappa shape index (κ3) is 4.83. The second-order valence-electron chi connectivity index (χ2n) is 4.23. The maximum Gasteiger partial charge on any atom is 0.119 e. The van der Waals surface area contributed by atoms with E-state index in [1.807, 2.05) is 24.3 Å². The van der Waals surface area contributed by atoms with Crippen molar-refractivity contribution in [2.45, 2.75) is 6.54 Å². The zero-order chi connectivity index (χ0) is 14.2. The van der Waals surface area contributed by atoms with E-state index in [9.17, 15) is 0 Å². The minimum absolute atomic E-state index is 0.558. The average Bonchev–Trinajstić information content (AvgIpc) is 2.46. The fourth-order valence-electron chi connectivity index (χ4n) is 1.70. The molecule has 20 heavy (non-hydrogen) atoms. The predicted molar refractivity (Wildman–Crippen MR) is 83.1 cm³/mol. The van der Waals surface area contributed by atoms with E-state index in [1.54, 1.807) is 19.5 Å². The van der Waals surface area contributed by atoms with E-state index in [1.165, 1.54) is 0 Å². The summed E-state index contributed by atoms with van der Waals surface area (Å²) in [5, 5.41) is 3.32. The molecule has 1 aromatic heterocycles. The van der Waals surface area contributed by atoms with Gasteiger partial charge in [-0.25, -0.2) is 0 Å². The van der Waals surface area contributed by atoms with Crippen LogP contribution in [-0.2, 0) is 11.3 Å². The lowest BCUT2D eigenvalue weighted by Gasteiger charge is -2.09. The maximum absolute atomic E-state index is 5.59. The van der Waals surface area contributed by atoms with Gasteiger partial charge in [-0.1, -0.05) is 12.1 Å². The van der Waals surface area contributed by atoms with E-state index in [-0.39, 0.29) is 0 Å². The Balaban J connectivity index is 1.91. The third-order valence-corrected chi connectivity index (χ3v) is 3.09. The number of aromatic nitrogens is 1. The Kier molecular flexibility index (Phi) is 5.83. The van der Waals surface area contributed by atoms with Crippen molar-refractivity contribution in [1.82, 2.24) is 4.98 Å². The van der Waals surface area contributed by atoms with Gasteiger partial charge in [0.25, 0.3) is 0 Å². The summed E-state index contributed by atoms with van der Waals surface area (Å²) >= 11 is 3.40. The summed E-state index contributed by atoms with van der Waals surface area (Å²) in [6.45, 7) is 1.87. The number of nitrogens with zero attached hydrogens (tertiary/aromatic N) is 1. The van der Waals surface area contributed by atoms with Crippen molar-refractivity contribution in [1.29, 1.82) is 0 Å². The van der Waals surface area contributed by atoms with E-state index in [0.29, 0.717) is 13.2 Å². The van der Waals surface area contributed by atoms with E-state index >= 15 is 0 Å². The van der Waals surface area contributed by atoms with Crippen molar-refractivity contribution < 1.29 is 9.47 Å². The fraction of sp³-hybridized carbons (Fsp3) is 0.267. The quantitative estimate of drug-likeness (QED) is 0.786. The predicted octanol–water partition coefficient (Wildman–Crippen LogP) is 3.48. The van der Waals surface area contributed by atoms with Gasteiger partial charge in [0.1, 0.15) is 12.4 Å². The van der Waals surface area contributed by atoms with Crippen molar-refractivity contribution in [3.8, 4) is 5.75 Å². The number of nitrogens with one attached hydrogen (secondary N) is 1. The van der Waals surface area contributed by atoms with Gasteiger partial charge in [-0.15, -0.1) is 0 Å². The van der Waals surface area contributed by atoms with Crippen LogP contribution in [0, 0.1) is 0 Å². The van der Waals surface area contributed by atoms with Crippen LogP contribution in [0.1, 0.15) is 5.56 Å². The summed E-state index contributed by atoms with van der Waals surface area (Å²) in [5.41, 5.74) is 2.13. The Morgan fingerprint density at radius 2 is 2.10 bits per heavy atom. The van der Waals surface area contributed by atoms with Gasteiger partial charge in [0.15, 0.2) is 0 Å². The zero-order valence-corrected chi connectivity index (χ0v) is 12.9. The van der Waals surface area contributed by atoms with Crippen molar-refractivity contribution in [2.24, 2.45) is 0 Å². The van der Waals surface area contributed by atoms with Gasteiger partial charge in [0, 0.05) is 24.3 Å². The number of halogens is 1. The minimum atomic E-state index is 0.558. The van der Waals surface area contributed by atoms with Crippen LogP contribution in [0.3, 0.4) is 0 Å². The number of pyridine rings is 1. The Labute approximate surface area is 127 Å². The molecule has 0 saturated heterocycles. The molecule has 106 valence electrons. The largest absolute Gasteiger partial charge is 0.491 e. The van der Waals surface area contributed by atoms with Crippen LogP contribution in [0.15, 0.2) is 47.2 Å². The summed E-state index contributed by atoms with van der Waals surface area (Å²) in [7, 11) is 1.66. The number of anilines is 1. The molecule has 0 fully saturated rings. The molecule has 0 aliphatic heterocycles. The molecule has 1 N–H and O–H groups in total. The number of ether oxygens (including phenoxy) is 2. The number of rotatable bonds is 7. The molecule has 4 nitrogen and oxygen atoms in total. The van der Waals surface area contributed by atoms with Crippen LogP contribution in [0.4, 0.5) is 5.69 Å². The first-order valence-corrected chi connectivity index (χ1v) is 7.12. The molecule has 1 aromatic carbocycles. The Morgan fingerprint density at radius 3 is 2.90 bits per heavy atom. The molecule has 0 atom stereocenters.